The average molecular weight is 419 g/mol. The van der Waals surface area contributed by atoms with Crippen LogP contribution in [-0.4, -0.2) is 35.0 Å². The molecule has 6 heteroatoms. The van der Waals surface area contributed by atoms with Gasteiger partial charge in [-0.2, -0.15) is 0 Å². The molecule has 0 bridgehead atoms. The van der Waals surface area contributed by atoms with Crippen molar-refractivity contribution in [3.63, 3.8) is 0 Å². The molecule has 0 aromatic heterocycles. The smallest absolute Gasteiger partial charge is 0.326 e. The zero-order chi connectivity index (χ0) is 22.0. The van der Waals surface area contributed by atoms with Crippen LogP contribution in [0.5, 0.6) is 5.75 Å². The van der Waals surface area contributed by atoms with Crippen molar-refractivity contribution in [2.75, 3.05) is 7.11 Å². The fraction of sp³-hybridized carbons (Fsp3) is 0.200. The molecule has 1 aliphatic rings. The van der Waals surface area contributed by atoms with E-state index in [1.54, 1.807) is 30.3 Å². The second-order valence-electron chi connectivity index (χ2n) is 7.50. The number of halogens is 1. The summed E-state index contributed by atoms with van der Waals surface area (Å²) in [5.74, 6) is -1.39. The second kappa shape index (κ2) is 8.60. The van der Waals surface area contributed by atoms with Crippen LogP contribution in [0.25, 0.3) is 11.1 Å². The molecule has 1 fully saturated rings. The molecule has 1 aliphatic heterocycles. The fourth-order valence-corrected chi connectivity index (χ4v) is 4.21. The van der Waals surface area contributed by atoms with E-state index < -0.39 is 29.8 Å². The van der Waals surface area contributed by atoms with E-state index in [4.69, 9.17) is 4.74 Å². The van der Waals surface area contributed by atoms with Crippen molar-refractivity contribution in [3.05, 3.63) is 89.7 Å². The SMILES string of the molecule is COc1cc(C(=O)N2[C@@H](c3cccc(F)c3)CC[C@H]2C(=O)O)ccc1-c1ccccc1. The van der Waals surface area contributed by atoms with Crippen LogP contribution in [0.1, 0.15) is 34.8 Å². The molecule has 1 amide bonds. The maximum Gasteiger partial charge on any atom is 0.326 e. The van der Waals surface area contributed by atoms with E-state index in [0.717, 1.165) is 11.1 Å². The Bertz CT molecular complexity index is 1120. The molecule has 1 heterocycles. The van der Waals surface area contributed by atoms with Crippen molar-refractivity contribution in [2.45, 2.75) is 24.9 Å². The van der Waals surface area contributed by atoms with Gasteiger partial charge in [0.05, 0.1) is 13.2 Å². The summed E-state index contributed by atoms with van der Waals surface area (Å²) < 4.78 is 19.3. The van der Waals surface area contributed by atoms with Crippen LogP contribution in [0.4, 0.5) is 4.39 Å². The molecule has 1 saturated heterocycles. The first-order valence-electron chi connectivity index (χ1n) is 10.0. The zero-order valence-electron chi connectivity index (χ0n) is 17.0. The van der Waals surface area contributed by atoms with Crippen molar-refractivity contribution < 1.29 is 23.8 Å². The number of likely N-dealkylation sites (tertiary alicyclic amines) is 1. The Hall–Kier alpha value is -3.67. The third-order valence-corrected chi connectivity index (χ3v) is 5.67. The highest BCUT2D eigenvalue weighted by Gasteiger charge is 2.42. The van der Waals surface area contributed by atoms with Crippen LogP contribution >= 0.6 is 0 Å². The number of amides is 1. The van der Waals surface area contributed by atoms with Crippen LogP contribution in [-0.2, 0) is 4.79 Å². The van der Waals surface area contributed by atoms with E-state index in [2.05, 4.69) is 0 Å². The van der Waals surface area contributed by atoms with Gasteiger partial charge in [0.15, 0.2) is 0 Å². The summed E-state index contributed by atoms with van der Waals surface area (Å²) in [5, 5.41) is 9.70. The highest BCUT2D eigenvalue weighted by molar-refractivity contribution is 5.98. The number of nitrogens with zero attached hydrogens (tertiary/aromatic N) is 1. The molecule has 0 radical (unpaired) electrons. The van der Waals surface area contributed by atoms with Gasteiger partial charge in [-0.3, -0.25) is 4.79 Å². The van der Waals surface area contributed by atoms with Gasteiger partial charge in [-0.1, -0.05) is 42.5 Å². The number of hydrogen-bond acceptors (Lipinski definition) is 3. The Morgan fingerprint density at radius 2 is 1.77 bits per heavy atom. The molecule has 4 rings (SSSR count). The summed E-state index contributed by atoms with van der Waals surface area (Å²) in [6, 6.07) is 19.2. The lowest BCUT2D eigenvalue weighted by molar-refractivity contribution is -0.141. The molecule has 3 aromatic carbocycles. The van der Waals surface area contributed by atoms with E-state index >= 15 is 0 Å². The van der Waals surface area contributed by atoms with Gasteiger partial charge >= 0.3 is 5.97 Å². The Balaban J connectivity index is 1.72. The van der Waals surface area contributed by atoms with Gasteiger partial charge in [0.25, 0.3) is 5.91 Å². The topological polar surface area (TPSA) is 66.8 Å². The number of carbonyl (C=O) groups is 2. The number of methoxy groups -OCH3 is 1. The van der Waals surface area contributed by atoms with E-state index in [1.165, 1.54) is 24.1 Å². The van der Waals surface area contributed by atoms with Gasteiger partial charge < -0.3 is 14.7 Å². The van der Waals surface area contributed by atoms with Gasteiger partial charge in [0.2, 0.25) is 0 Å². The van der Waals surface area contributed by atoms with E-state index in [1.807, 2.05) is 30.3 Å². The van der Waals surface area contributed by atoms with Crippen LogP contribution < -0.4 is 4.74 Å². The molecule has 5 nitrogen and oxygen atoms in total. The Morgan fingerprint density at radius 3 is 2.45 bits per heavy atom. The molecule has 0 saturated carbocycles. The van der Waals surface area contributed by atoms with Crippen molar-refractivity contribution >= 4 is 11.9 Å². The predicted molar refractivity (Wildman–Crippen MR) is 114 cm³/mol. The maximum absolute atomic E-state index is 13.8. The highest BCUT2D eigenvalue weighted by Crippen LogP contribution is 2.39. The molecular formula is C25H22FNO4. The second-order valence-corrected chi connectivity index (χ2v) is 7.50. The van der Waals surface area contributed by atoms with Crippen molar-refractivity contribution in [2.24, 2.45) is 0 Å². The van der Waals surface area contributed by atoms with Gasteiger partial charge in [-0.25, -0.2) is 9.18 Å². The first-order chi connectivity index (χ1) is 15.0. The molecule has 3 aromatic rings. The van der Waals surface area contributed by atoms with E-state index in [-0.39, 0.29) is 0 Å². The first-order valence-corrected chi connectivity index (χ1v) is 10.0. The summed E-state index contributed by atoms with van der Waals surface area (Å²) >= 11 is 0. The monoisotopic (exact) mass is 419 g/mol. The van der Waals surface area contributed by atoms with Crippen molar-refractivity contribution in [3.8, 4) is 16.9 Å². The molecule has 0 aliphatic carbocycles. The van der Waals surface area contributed by atoms with Crippen LogP contribution in [0.3, 0.4) is 0 Å². The van der Waals surface area contributed by atoms with Crippen LogP contribution in [0, 0.1) is 5.82 Å². The largest absolute Gasteiger partial charge is 0.496 e. The van der Waals surface area contributed by atoms with Crippen LogP contribution in [0.15, 0.2) is 72.8 Å². The van der Waals surface area contributed by atoms with Crippen LogP contribution in [0.2, 0.25) is 0 Å². The first kappa shape index (κ1) is 20.6. The molecule has 1 N–H and O–H groups in total. The standard InChI is InChI=1S/C25H22FNO4/c1-31-23-15-18(10-11-20(23)16-6-3-2-4-7-16)24(28)27-21(12-13-22(27)25(29)30)17-8-5-9-19(26)14-17/h2-11,14-15,21-22H,12-13H2,1H3,(H,29,30)/t21-,22+/m1/s1. The number of rotatable bonds is 5. The van der Waals surface area contributed by atoms with E-state index in [0.29, 0.717) is 29.7 Å². The minimum absolute atomic E-state index is 0.307. The maximum atomic E-state index is 13.8. The minimum atomic E-state index is -1.07. The van der Waals surface area contributed by atoms with E-state index in [9.17, 15) is 19.1 Å². The number of hydrogen-bond donors (Lipinski definition) is 1. The molecule has 0 unspecified atom stereocenters. The molecule has 31 heavy (non-hydrogen) atoms. The number of benzene rings is 3. The normalized spacial score (nSPS) is 18.1. The Morgan fingerprint density at radius 1 is 1.00 bits per heavy atom. The molecule has 158 valence electrons. The number of carboxylic acids is 1. The highest BCUT2D eigenvalue weighted by atomic mass is 19.1. The molecule has 0 spiro atoms. The summed E-state index contributed by atoms with van der Waals surface area (Å²) in [4.78, 5) is 26.7. The summed E-state index contributed by atoms with van der Waals surface area (Å²) in [6.45, 7) is 0. The lowest BCUT2D eigenvalue weighted by atomic mass is 10.0. The van der Waals surface area contributed by atoms with Gasteiger partial charge in [0.1, 0.15) is 17.6 Å². The quantitative estimate of drug-likeness (QED) is 0.637. The summed E-state index contributed by atoms with van der Waals surface area (Å²) in [7, 11) is 1.53. The van der Waals surface area contributed by atoms with Gasteiger partial charge in [-0.05, 0) is 54.3 Å². The zero-order valence-corrected chi connectivity index (χ0v) is 17.0. The Labute approximate surface area is 179 Å². The number of carbonyl (C=O) groups excluding carboxylic acids is 1. The lowest BCUT2D eigenvalue weighted by Crippen LogP contribution is -2.41. The third-order valence-electron chi connectivity index (χ3n) is 5.67. The lowest BCUT2D eigenvalue weighted by Gasteiger charge is -2.29. The summed E-state index contributed by atoms with van der Waals surface area (Å²) in [5.41, 5.74) is 2.69. The third kappa shape index (κ3) is 4.01. The van der Waals surface area contributed by atoms with Crippen molar-refractivity contribution in [1.82, 2.24) is 4.90 Å². The number of ether oxygens (including phenoxy) is 1. The Kier molecular flexibility index (Phi) is 5.71. The van der Waals surface area contributed by atoms with Gasteiger partial charge in [-0.15, -0.1) is 0 Å². The minimum Gasteiger partial charge on any atom is -0.496 e. The fourth-order valence-electron chi connectivity index (χ4n) is 4.21. The van der Waals surface area contributed by atoms with Crippen molar-refractivity contribution in [1.29, 1.82) is 0 Å². The molecular weight excluding hydrogens is 397 g/mol. The molecule has 2 atom stereocenters. The predicted octanol–water partition coefficient (Wildman–Crippen LogP) is 4.93. The number of aliphatic carboxylic acids is 1. The average Bonchev–Trinajstić information content (AvgIpc) is 3.24. The number of carboxylic acid groups (broad SMARTS) is 1. The van der Waals surface area contributed by atoms with Gasteiger partial charge in [0, 0.05) is 11.1 Å². The summed E-state index contributed by atoms with van der Waals surface area (Å²) in [6.07, 6.45) is 0.757.